The van der Waals surface area contributed by atoms with Crippen molar-refractivity contribution in [2.45, 2.75) is 26.2 Å². The molecule has 0 aromatic heterocycles. The zero-order valence-corrected chi connectivity index (χ0v) is 8.58. The Labute approximate surface area is 85.0 Å². The van der Waals surface area contributed by atoms with E-state index in [1.807, 2.05) is 6.08 Å². The van der Waals surface area contributed by atoms with E-state index in [0.29, 0.717) is 12.2 Å². The molecule has 0 aliphatic heterocycles. The van der Waals surface area contributed by atoms with Crippen LogP contribution in [0.25, 0.3) is 0 Å². The molecular formula is C12H16O2. The SMILES string of the molecule is C=C1C=C(C(=O)OCCCC)C=CC1. The average molecular weight is 192 g/mol. The average Bonchev–Trinajstić information content (AvgIpc) is 2.18. The van der Waals surface area contributed by atoms with E-state index in [-0.39, 0.29) is 5.97 Å². The van der Waals surface area contributed by atoms with Gasteiger partial charge in [-0.3, -0.25) is 0 Å². The largest absolute Gasteiger partial charge is 0.462 e. The van der Waals surface area contributed by atoms with Crippen molar-refractivity contribution in [2.75, 3.05) is 6.61 Å². The molecular weight excluding hydrogens is 176 g/mol. The van der Waals surface area contributed by atoms with E-state index in [4.69, 9.17) is 4.74 Å². The first-order chi connectivity index (χ1) is 6.74. The fourth-order valence-electron chi connectivity index (χ4n) is 1.18. The van der Waals surface area contributed by atoms with Crippen molar-refractivity contribution in [3.63, 3.8) is 0 Å². The van der Waals surface area contributed by atoms with Crippen molar-refractivity contribution in [1.82, 2.24) is 0 Å². The Hall–Kier alpha value is -1.31. The number of hydrogen-bond donors (Lipinski definition) is 0. The summed E-state index contributed by atoms with van der Waals surface area (Å²) in [6, 6.07) is 0. The Balaban J connectivity index is 2.44. The van der Waals surface area contributed by atoms with Gasteiger partial charge in [-0.1, -0.05) is 37.6 Å². The molecule has 0 heterocycles. The maximum absolute atomic E-state index is 11.4. The Bertz CT molecular complexity index is 285. The summed E-state index contributed by atoms with van der Waals surface area (Å²) in [7, 11) is 0. The summed E-state index contributed by atoms with van der Waals surface area (Å²) in [5, 5.41) is 0. The number of rotatable bonds is 4. The lowest BCUT2D eigenvalue weighted by Crippen LogP contribution is -2.09. The molecule has 0 aromatic carbocycles. The van der Waals surface area contributed by atoms with Gasteiger partial charge in [0.25, 0.3) is 0 Å². The van der Waals surface area contributed by atoms with Crippen LogP contribution >= 0.6 is 0 Å². The van der Waals surface area contributed by atoms with Crippen LogP contribution < -0.4 is 0 Å². The molecule has 0 fully saturated rings. The highest BCUT2D eigenvalue weighted by molar-refractivity contribution is 5.92. The van der Waals surface area contributed by atoms with Gasteiger partial charge in [0.05, 0.1) is 12.2 Å². The predicted octanol–water partition coefficient (Wildman–Crippen LogP) is 2.77. The molecule has 0 spiro atoms. The fourth-order valence-corrected chi connectivity index (χ4v) is 1.18. The second-order valence-corrected chi connectivity index (χ2v) is 3.35. The lowest BCUT2D eigenvalue weighted by molar-refractivity contribution is -0.138. The molecule has 0 saturated carbocycles. The van der Waals surface area contributed by atoms with Crippen molar-refractivity contribution in [3.05, 3.63) is 36.0 Å². The number of carbonyl (C=O) groups excluding carboxylic acids is 1. The zero-order chi connectivity index (χ0) is 10.4. The first kappa shape index (κ1) is 10.8. The van der Waals surface area contributed by atoms with E-state index in [2.05, 4.69) is 13.5 Å². The topological polar surface area (TPSA) is 26.3 Å². The van der Waals surface area contributed by atoms with Gasteiger partial charge in [0, 0.05) is 0 Å². The van der Waals surface area contributed by atoms with Crippen LogP contribution in [0.2, 0.25) is 0 Å². The molecule has 1 aliphatic rings. The van der Waals surface area contributed by atoms with Crippen molar-refractivity contribution in [1.29, 1.82) is 0 Å². The number of allylic oxidation sites excluding steroid dienone is 3. The molecule has 0 unspecified atom stereocenters. The molecule has 14 heavy (non-hydrogen) atoms. The van der Waals surface area contributed by atoms with Gasteiger partial charge in [-0.25, -0.2) is 4.79 Å². The lowest BCUT2D eigenvalue weighted by atomic mass is 10.0. The number of esters is 1. The summed E-state index contributed by atoms with van der Waals surface area (Å²) in [5.41, 5.74) is 1.56. The summed E-state index contributed by atoms with van der Waals surface area (Å²) in [6.07, 6.45) is 8.29. The maximum atomic E-state index is 11.4. The van der Waals surface area contributed by atoms with E-state index in [0.717, 1.165) is 24.8 Å². The Morgan fingerprint density at radius 1 is 1.64 bits per heavy atom. The normalized spacial score (nSPS) is 15.2. The molecule has 76 valence electrons. The van der Waals surface area contributed by atoms with Gasteiger partial charge < -0.3 is 4.74 Å². The van der Waals surface area contributed by atoms with Crippen LogP contribution in [0.15, 0.2) is 36.0 Å². The van der Waals surface area contributed by atoms with Gasteiger partial charge in [-0.15, -0.1) is 0 Å². The third-order valence-electron chi connectivity index (χ3n) is 2.00. The summed E-state index contributed by atoms with van der Waals surface area (Å²) >= 11 is 0. The van der Waals surface area contributed by atoms with Gasteiger partial charge in [-0.05, 0) is 18.9 Å². The van der Waals surface area contributed by atoms with Crippen LogP contribution in [-0.4, -0.2) is 12.6 Å². The summed E-state index contributed by atoms with van der Waals surface area (Å²) in [6.45, 7) is 6.38. The third-order valence-corrected chi connectivity index (χ3v) is 2.00. The summed E-state index contributed by atoms with van der Waals surface area (Å²) in [5.74, 6) is -0.240. The minimum absolute atomic E-state index is 0.240. The quantitative estimate of drug-likeness (QED) is 0.505. The summed E-state index contributed by atoms with van der Waals surface area (Å²) < 4.78 is 5.07. The van der Waals surface area contributed by atoms with E-state index in [9.17, 15) is 4.79 Å². The van der Waals surface area contributed by atoms with Crippen molar-refractivity contribution in [3.8, 4) is 0 Å². The van der Waals surface area contributed by atoms with Crippen LogP contribution in [0.5, 0.6) is 0 Å². The minimum atomic E-state index is -0.240. The van der Waals surface area contributed by atoms with Crippen LogP contribution in [-0.2, 0) is 9.53 Å². The number of ether oxygens (including phenoxy) is 1. The van der Waals surface area contributed by atoms with Crippen molar-refractivity contribution in [2.24, 2.45) is 0 Å². The third kappa shape index (κ3) is 3.21. The molecule has 0 N–H and O–H groups in total. The van der Waals surface area contributed by atoms with Crippen LogP contribution in [0, 0.1) is 0 Å². The molecule has 0 radical (unpaired) electrons. The highest BCUT2D eigenvalue weighted by Gasteiger charge is 2.10. The second-order valence-electron chi connectivity index (χ2n) is 3.35. The standard InChI is InChI=1S/C12H16O2/c1-3-4-8-14-12(13)11-7-5-6-10(2)9-11/h5,7,9H,2-4,6,8H2,1H3. The first-order valence-electron chi connectivity index (χ1n) is 4.97. The van der Waals surface area contributed by atoms with Gasteiger partial charge in [0.15, 0.2) is 0 Å². The van der Waals surface area contributed by atoms with E-state index >= 15 is 0 Å². The minimum Gasteiger partial charge on any atom is -0.462 e. The zero-order valence-electron chi connectivity index (χ0n) is 8.58. The molecule has 1 rings (SSSR count). The predicted molar refractivity (Wildman–Crippen MR) is 56.8 cm³/mol. The second kappa shape index (κ2) is 5.43. The highest BCUT2D eigenvalue weighted by atomic mass is 16.5. The van der Waals surface area contributed by atoms with Gasteiger partial charge in [0.1, 0.15) is 0 Å². The maximum Gasteiger partial charge on any atom is 0.338 e. The Kier molecular flexibility index (Phi) is 4.17. The number of hydrogen-bond acceptors (Lipinski definition) is 2. The monoisotopic (exact) mass is 192 g/mol. The highest BCUT2D eigenvalue weighted by Crippen LogP contribution is 2.15. The van der Waals surface area contributed by atoms with Crippen LogP contribution in [0.4, 0.5) is 0 Å². The van der Waals surface area contributed by atoms with E-state index < -0.39 is 0 Å². The Morgan fingerprint density at radius 2 is 2.43 bits per heavy atom. The van der Waals surface area contributed by atoms with Crippen molar-refractivity contribution >= 4 is 5.97 Å². The molecule has 0 amide bonds. The lowest BCUT2D eigenvalue weighted by Gasteiger charge is -2.08. The molecule has 0 saturated heterocycles. The Morgan fingerprint density at radius 3 is 3.07 bits per heavy atom. The smallest absolute Gasteiger partial charge is 0.338 e. The van der Waals surface area contributed by atoms with Crippen LogP contribution in [0.3, 0.4) is 0 Å². The molecule has 2 heteroatoms. The number of carbonyl (C=O) groups is 1. The van der Waals surface area contributed by atoms with Crippen molar-refractivity contribution < 1.29 is 9.53 Å². The van der Waals surface area contributed by atoms with E-state index in [1.54, 1.807) is 12.2 Å². The summed E-state index contributed by atoms with van der Waals surface area (Å²) in [4.78, 5) is 11.4. The van der Waals surface area contributed by atoms with E-state index in [1.165, 1.54) is 0 Å². The fraction of sp³-hybridized carbons (Fsp3) is 0.417. The van der Waals surface area contributed by atoms with Gasteiger partial charge in [-0.2, -0.15) is 0 Å². The van der Waals surface area contributed by atoms with Gasteiger partial charge in [0.2, 0.25) is 0 Å². The van der Waals surface area contributed by atoms with Gasteiger partial charge >= 0.3 is 5.97 Å². The van der Waals surface area contributed by atoms with Crippen LogP contribution in [0.1, 0.15) is 26.2 Å². The molecule has 2 nitrogen and oxygen atoms in total. The number of unbranched alkanes of at least 4 members (excludes halogenated alkanes) is 1. The molecule has 1 aliphatic carbocycles. The molecule has 0 bridgehead atoms. The molecule has 0 aromatic rings. The molecule has 0 atom stereocenters. The first-order valence-corrected chi connectivity index (χ1v) is 4.97.